The second kappa shape index (κ2) is 9.26. The molecule has 3 atom stereocenters. The second-order valence-electron chi connectivity index (χ2n) is 8.23. The first-order valence-electron chi connectivity index (χ1n) is 10.6. The number of Topliss-reactive ketones (excluding diaryl/α,β-unsaturated/α-hetero) is 1. The number of hydrogen-bond acceptors (Lipinski definition) is 4. The van der Waals surface area contributed by atoms with Gasteiger partial charge in [-0.2, -0.15) is 0 Å². The van der Waals surface area contributed by atoms with E-state index in [2.05, 4.69) is 5.32 Å². The molecule has 9 heteroatoms. The molecule has 3 amide bonds. The number of rotatable bonds is 5. The van der Waals surface area contributed by atoms with E-state index in [1.165, 1.54) is 23.8 Å². The first-order chi connectivity index (χ1) is 14.7. The van der Waals surface area contributed by atoms with Gasteiger partial charge in [0.05, 0.1) is 0 Å². The highest BCUT2D eigenvalue weighted by Crippen LogP contribution is 2.42. The van der Waals surface area contributed by atoms with Gasteiger partial charge < -0.3 is 20.2 Å². The molecule has 1 heterocycles. The van der Waals surface area contributed by atoms with Gasteiger partial charge in [0.1, 0.15) is 17.6 Å². The number of hydrogen-bond donors (Lipinski definition) is 2. The smallest absolute Gasteiger partial charge is 0.326 e. The lowest BCUT2D eigenvalue weighted by atomic mass is 9.74. The Hall–Kier alpha value is -2.61. The molecule has 0 unspecified atom stereocenters. The fourth-order valence-corrected chi connectivity index (χ4v) is 4.97. The van der Waals surface area contributed by atoms with E-state index in [9.17, 15) is 24.3 Å². The minimum absolute atomic E-state index is 0.0889. The van der Waals surface area contributed by atoms with Gasteiger partial charge in [0.2, 0.25) is 5.91 Å². The Bertz CT molecular complexity index is 892. The number of carboxylic acid groups (broad SMARTS) is 1. The van der Waals surface area contributed by atoms with Crippen molar-refractivity contribution < 1.29 is 24.3 Å². The highest BCUT2D eigenvalue weighted by molar-refractivity contribution is 6.31. The Balaban J connectivity index is 1.82. The number of carboxylic acids is 1. The number of likely N-dealkylation sites (N-methyl/N-ethyl adjacent to an activating group) is 1. The van der Waals surface area contributed by atoms with Crippen LogP contribution in [-0.2, 0) is 19.9 Å². The summed E-state index contributed by atoms with van der Waals surface area (Å²) in [5.41, 5.74) is -0.635. The normalized spacial score (nSPS) is 24.5. The quantitative estimate of drug-likeness (QED) is 0.718. The number of aliphatic carboxylic acids is 1. The third-order valence-electron chi connectivity index (χ3n) is 6.38. The van der Waals surface area contributed by atoms with E-state index in [1.807, 2.05) is 0 Å². The molecule has 1 aliphatic carbocycles. The van der Waals surface area contributed by atoms with E-state index in [0.717, 1.165) is 12.8 Å². The van der Waals surface area contributed by atoms with Gasteiger partial charge in [-0.3, -0.25) is 9.59 Å². The third kappa shape index (κ3) is 4.26. The van der Waals surface area contributed by atoms with E-state index in [-0.39, 0.29) is 5.78 Å². The summed E-state index contributed by atoms with van der Waals surface area (Å²) < 4.78 is 0. The highest BCUT2D eigenvalue weighted by atomic mass is 35.5. The number of likely N-dealkylation sites (tertiary alicyclic amines) is 1. The van der Waals surface area contributed by atoms with Crippen molar-refractivity contribution in [3.8, 4) is 0 Å². The third-order valence-corrected chi connectivity index (χ3v) is 6.71. The predicted molar refractivity (Wildman–Crippen MR) is 115 cm³/mol. The lowest BCUT2D eigenvalue weighted by Crippen LogP contribution is -2.59. The lowest BCUT2D eigenvalue weighted by Gasteiger charge is -2.44. The van der Waals surface area contributed by atoms with Crippen LogP contribution in [0.15, 0.2) is 24.3 Å². The average Bonchev–Trinajstić information content (AvgIpc) is 3.24. The second-order valence-corrected chi connectivity index (χ2v) is 8.64. The number of ketones is 1. The number of carbonyl (C=O) groups is 4. The first-order valence-corrected chi connectivity index (χ1v) is 10.9. The Morgan fingerprint density at radius 3 is 2.61 bits per heavy atom. The largest absolute Gasteiger partial charge is 0.480 e. The van der Waals surface area contributed by atoms with Crippen molar-refractivity contribution >= 4 is 35.3 Å². The van der Waals surface area contributed by atoms with E-state index < -0.39 is 35.5 Å². The molecule has 0 aromatic heterocycles. The number of carbonyl (C=O) groups excluding carboxylic acids is 3. The maximum Gasteiger partial charge on any atom is 0.326 e. The fraction of sp³-hybridized carbons (Fsp3) is 0.545. The van der Waals surface area contributed by atoms with Gasteiger partial charge in [0.15, 0.2) is 5.78 Å². The van der Waals surface area contributed by atoms with Gasteiger partial charge in [-0.1, -0.05) is 29.8 Å². The van der Waals surface area contributed by atoms with Crippen LogP contribution in [0.4, 0.5) is 4.79 Å². The summed E-state index contributed by atoms with van der Waals surface area (Å²) in [5.74, 6) is -1.59. The van der Waals surface area contributed by atoms with Crippen LogP contribution in [-0.4, -0.2) is 64.3 Å². The monoisotopic (exact) mass is 449 g/mol. The summed E-state index contributed by atoms with van der Waals surface area (Å²) in [5, 5.41) is 12.4. The minimum Gasteiger partial charge on any atom is -0.480 e. The summed E-state index contributed by atoms with van der Waals surface area (Å²) in [6, 6.07) is 4.60. The molecule has 0 spiro atoms. The number of amides is 3. The molecule has 1 saturated heterocycles. The Kier molecular flexibility index (Phi) is 6.89. The molecular formula is C22H28ClN3O5. The zero-order chi connectivity index (χ0) is 22.8. The zero-order valence-corrected chi connectivity index (χ0v) is 18.5. The molecule has 2 fully saturated rings. The van der Waals surface area contributed by atoms with Crippen LogP contribution >= 0.6 is 11.6 Å². The van der Waals surface area contributed by atoms with Crippen LogP contribution < -0.4 is 5.32 Å². The molecule has 1 aromatic carbocycles. The van der Waals surface area contributed by atoms with Crippen molar-refractivity contribution in [3.05, 3.63) is 34.9 Å². The SMILES string of the molecule is C[C@H](NC(=O)N(C)[C@]1(c2ccccc2Cl)CCCCC1=O)C(=O)N1CCC[C@H]1C(=O)O. The molecule has 168 valence electrons. The van der Waals surface area contributed by atoms with E-state index >= 15 is 0 Å². The van der Waals surface area contributed by atoms with Crippen LogP contribution in [0.5, 0.6) is 0 Å². The van der Waals surface area contributed by atoms with Crippen molar-refractivity contribution in [2.75, 3.05) is 13.6 Å². The highest BCUT2D eigenvalue weighted by Gasteiger charge is 2.48. The van der Waals surface area contributed by atoms with Crippen LogP contribution in [0.2, 0.25) is 5.02 Å². The van der Waals surface area contributed by atoms with Gasteiger partial charge >= 0.3 is 12.0 Å². The molecule has 1 saturated carbocycles. The van der Waals surface area contributed by atoms with Gasteiger partial charge in [0, 0.05) is 30.6 Å². The minimum atomic E-state index is -1.21. The van der Waals surface area contributed by atoms with Crippen molar-refractivity contribution in [3.63, 3.8) is 0 Å². The molecule has 1 aromatic rings. The molecule has 31 heavy (non-hydrogen) atoms. The van der Waals surface area contributed by atoms with Crippen molar-refractivity contribution in [1.82, 2.24) is 15.1 Å². The van der Waals surface area contributed by atoms with E-state index in [4.69, 9.17) is 11.6 Å². The standard InChI is InChI=1S/C22H28ClN3O5/c1-14(19(28)26-13-7-10-17(26)20(29)30)24-21(31)25(2)22(12-6-5-11-18(22)27)15-8-3-4-9-16(15)23/h3-4,8-9,14,17H,5-7,10-13H2,1-2H3,(H,24,31)(H,29,30)/t14-,17-,22-/m0/s1. The number of benzene rings is 1. The maximum atomic E-state index is 13.2. The molecule has 3 rings (SSSR count). The Labute approximate surface area is 186 Å². The number of halogens is 1. The fourth-order valence-electron chi connectivity index (χ4n) is 4.68. The summed E-state index contributed by atoms with van der Waals surface area (Å²) in [4.78, 5) is 53.1. The van der Waals surface area contributed by atoms with E-state index in [1.54, 1.807) is 24.3 Å². The van der Waals surface area contributed by atoms with Crippen molar-refractivity contribution in [1.29, 1.82) is 0 Å². The topological polar surface area (TPSA) is 107 Å². The van der Waals surface area contributed by atoms with Gasteiger partial charge in [-0.25, -0.2) is 9.59 Å². The van der Waals surface area contributed by atoms with Crippen LogP contribution in [0.25, 0.3) is 0 Å². The predicted octanol–water partition coefficient (Wildman–Crippen LogP) is 2.78. The number of nitrogens with zero attached hydrogens (tertiary/aromatic N) is 2. The van der Waals surface area contributed by atoms with Gasteiger partial charge in [-0.05, 0) is 45.1 Å². The molecule has 1 aliphatic heterocycles. The summed E-state index contributed by atoms with van der Waals surface area (Å²) >= 11 is 6.42. The molecule has 2 aliphatic rings. The molecule has 8 nitrogen and oxygen atoms in total. The van der Waals surface area contributed by atoms with E-state index in [0.29, 0.717) is 42.8 Å². The maximum absolute atomic E-state index is 13.2. The summed E-state index contributed by atoms with van der Waals surface area (Å²) in [6.45, 7) is 1.87. The van der Waals surface area contributed by atoms with Gasteiger partial charge in [0.25, 0.3) is 0 Å². The van der Waals surface area contributed by atoms with Crippen LogP contribution in [0.1, 0.15) is 51.0 Å². The lowest BCUT2D eigenvalue weighted by molar-refractivity contribution is -0.148. The first kappa shape index (κ1) is 23.1. The molecule has 0 bridgehead atoms. The Morgan fingerprint density at radius 2 is 1.97 bits per heavy atom. The summed E-state index contributed by atoms with van der Waals surface area (Å²) in [6.07, 6.45) is 3.29. The van der Waals surface area contributed by atoms with Gasteiger partial charge in [-0.15, -0.1) is 0 Å². The Morgan fingerprint density at radius 1 is 1.26 bits per heavy atom. The molecule has 0 radical (unpaired) electrons. The zero-order valence-electron chi connectivity index (χ0n) is 17.8. The summed E-state index contributed by atoms with van der Waals surface area (Å²) in [7, 11) is 1.54. The van der Waals surface area contributed by atoms with Crippen LogP contribution in [0, 0.1) is 0 Å². The van der Waals surface area contributed by atoms with Crippen molar-refractivity contribution in [2.24, 2.45) is 0 Å². The van der Waals surface area contributed by atoms with Crippen molar-refractivity contribution in [2.45, 2.75) is 63.1 Å². The molecule has 2 N–H and O–H groups in total. The average molecular weight is 450 g/mol. The number of urea groups is 1. The molecular weight excluding hydrogens is 422 g/mol. The number of nitrogens with one attached hydrogen (secondary N) is 1. The van der Waals surface area contributed by atoms with Crippen LogP contribution in [0.3, 0.4) is 0 Å².